The number of anilines is 1. The van der Waals surface area contributed by atoms with Gasteiger partial charge in [-0.3, -0.25) is 9.10 Å². The fourth-order valence-corrected chi connectivity index (χ4v) is 3.58. The molecule has 0 heterocycles. The summed E-state index contributed by atoms with van der Waals surface area (Å²) in [6.45, 7) is 3.12. The van der Waals surface area contributed by atoms with E-state index in [0.29, 0.717) is 22.9 Å². The van der Waals surface area contributed by atoms with Crippen LogP contribution in [0.1, 0.15) is 18.1 Å². The van der Waals surface area contributed by atoms with Crippen LogP contribution in [0.2, 0.25) is 0 Å². The van der Waals surface area contributed by atoms with Crippen molar-refractivity contribution in [1.82, 2.24) is 5.43 Å². The maximum Gasteiger partial charge on any atom is 0.260 e. The Hall–Kier alpha value is -3.07. The van der Waals surface area contributed by atoms with Crippen molar-refractivity contribution in [2.45, 2.75) is 13.8 Å². The summed E-state index contributed by atoms with van der Waals surface area (Å²) in [4.78, 5) is 12.4. The van der Waals surface area contributed by atoms with E-state index < -0.39 is 15.9 Å². The Morgan fingerprint density at radius 1 is 1.10 bits per heavy atom. The number of nitrogens with one attached hydrogen (secondary N) is 1. The van der Waals surface area contributed by atoms with Gasteiger partial charge < -0.3 is 9.47 Å². The Bertz CT molecular complexity index is 1020. The van der Waals surface area contributed by atoms with Crippen LogP contribution in [0.25, 0.3) is 0 Å². The van der Waals surface area contributed by atoms with E-state index in [4.69, 9.17) is 9.47 Å². The summed E-state index contributed by atoms with van der Waals surface area (Å²) in [6.07, 6.45) is 1.06. The quantitative estimate of drug-likeness (QED) is 0.523. The Morgan fingerprint density at radius 3 is 2.34 bits per heavy atom. The first-order valence-electron chi connectivity index (χ1n) is 8.76. The van der Waals surface area contributed by atoms with Gasteiger partial charge in [0.15, 0.2) is 11.5 Å². The highest BCUT2D eigenvalue weighted by Crippen LogP contribution is 2.27. The number of sulfonamides is 1. The second-order valence-corrected chi connectivity index (χ2v) is 8.26. The first-order valence-corrected chi connectivity index (χ1v) is 10.6. The van der Waals surface area contributed by atoms with Crippen molar-refractivity contribution >= 4 is 27.3 Å². The molecule has 29 heavy (non-hydrogen) atoms. The molecule has 2 aromatic carbocycles. The highest BCUT2D eigenvalue weighted by Gasteiger charge is 2.22. The molecule has 0 aliphatic heterocycles. The minimum atomic E-state index is -3.65. The zero-order valence-electron chi connectivity index (χ0n) is 17.1. The molecule has 0 aliphatic rings. The van der Waals surface area contributed by atoms with E-state index in [2.05, 4.69) is 10.5 Å². The SMILES string of the molecule is COc1ccc(/C(C)=N\NC(=O)CN(c2ccccc2C)S(C)(=O)=O)cc1OC. The fraction of sp³-hybridized carbons (Fsp3) is 0.300. The first kappa shape index (κ1) is 22.2. The second kappa shape index (κ2) is 9.42. The lowest BCUT2D eigenvalue weighted by molar-refractivity contribution is -0.119. The van der Waals surface area contributed by atoms with E-state index >= 15 is 0 Å². The van der Waals surface area contributed by atoms with Crippen molar-refractivity contribution in [3.05, 3.63) is 53.6 Å². The van der Waals surface area contributed by atoms with Crippen molar-refractivity contribution in [2.75, 3.05) is 31.3 Å². The number of methoxy groups -OCH3 is 2. The number of para-hydroxylation sites is 1. The van der Waals surface area contributed by atoms with E-state index in [1.165, 1.54) is 7.11 Å². The van der Waals surface area contributed by atoms with Crippen LogP contribution < -0.4 is 19.2 Å². The lowest BCUT2D eigenvalue weighted by Gasteiger charge is -2.23. The van der Waals surface area contributed by atoms with Gasteiger partial charge in [-0.15, -0.1) is 0 Å². The monoisotopic (exact) mass is 419 g/mol. The third kappa shape index (κ3) is 5.71. The van der Waals surface area contributed by atoms with Gasteiger partial charge in [0, 0.05) is 5.56 Å². The molecule has 0 unspecified atom stereocenters. The van der Waals surface area contributed by atoms with Crippen LogP contribution in [0.5, 0.6) is 11.5 Å². The third-order valence-corrected chi connectivity index (χ3v) is 5.35. The maximum absolute atomic E-state index is 12.4. The predicted molar refractivity (Wildman–Crippen MR) is 113 cm³/mol. The minimum absolute atomic E-state index is 0.383. The maximum atomic E-state index is 12.4. The van der Waals surface area contributed by atoms with Crippen molar-refractivity contribution in [2.24, 2.45) is 5.10 Å². The van der Waals surface area contributed by atoms with Gasteiger partial charge in [0.05, 0.1) is 31.9 Å². The molecule has 156 valence electrons. The number of ether oxygens (including phenoxy) is 2. The minimum Gasteiger partial charge on any atom is -0.493 e. The summed E-state index contributed by atoms with van der Waals surface area (Å²) in [7, 11) is -0.578. The molecule has 0 radical (unpaired) electrons. The van der Waals surface area contributed by atoms with E-state index in [1.54, 1.807) is 63.4 Å². The van der Waals surface area contributed by atoms with Crippen LogP contribution in [0.3, 0.4) is 0 Å². The number of carbonyl (C=O) groups is 1. The lowest BCUT2D eigenvalue weighted by atomic mass is 10.1. The van der Waals surface area contributed by atoms with Crippen LogP contribution in [0.15, 0.2) is 47.6 Å². The molecule has 0 fully saturated rings. The van der Waals surface area contributed by atoms with Crippen LogP contribution >= 0.6 is 0 Å². The Kier molecular flexibility index (Phi) is 7.22. The van der Waals surface area contributed by atoms with Gasteiger partial charge >= 0.3 is 0 Å². The lowest BCUT2D eigenvalue weighted by Crippen LogP contribution is -2.39. The summed E-state index contributed by atoms with van der Waals surface area (Å²) in [5.41, 5.74) is 4.86. The number of amides is 1. The molecular formula is C20H25N3O5S. The summed E-state index contributed by atoms with van der Waals surface area (Å²) >= 11 is 0. The fourth-order valence-electron chi connectivity index (χ4n) is 2.66. The topological polar surface area (TPSA) is 97.3 Å². The first-order chi connectivity index (χ1) is 13.7. The number of hydrazone groups is 1. The predicted octanol–water partition coefficient (Wildman–Crippen LogP) is 2.32. The number of benzene rings is 2. The van der Waals surface area contributed by atoms with E-state index in [9.17, 15) is 13.2 Å². The van der Waals surface area contributed by atoms with E-state index in [1.807, 2.05) is 0 Å². The number of hydrogen-bond acceptors (Lipinski definition) is 6. The average Bonchev–Trinajstić information content (AvgIpc) is 2.69. The summed E-state index contributed by atoms with van der Waals surface area (Å²) in [5, 5.41) is 4.08. The van der Waals surface area contributed by atoms with Crippen LogP contribution in [0, 0.1) is 6.92 Å². The Morgan fingerprint density at radius 2 is 1.76 bits per heavy atom. The molecule has 8 nitrogen and oxygen atoms in total. The van der Waals surface area contributed by atoms with Gasteiger partial charge in [0.1, 0.15) is 6.54 Å². The van der Waals surface area contributed by atoms with Crippen LogP contribution in [0.4, 0.5) is 5.69 Å². The van der Waals surface area contributed by atoms with Gasteiger partial charge in [0.2, 0.25) is 10.0 Å². The van der Waals surface area contributed by atoms with Gasteiger partial charge in [-0.25, -0.2) is 13.8 Å². The largest absolute Gasteiger partial charge is 0.493 e. The smallest absolute Gasteiger partial charge is 0.260 e. The highest BCUT2D eigenvalue weighted by molar-refractivity contribution is 7.92. The molecule has 1 amide bonds. The molecule has 0 saturated heterocycles. The van der Waals surface area contributed by atoms with Crippen LogP contribution in [-0.2, 0) is 14.8 Å². The molecular weight excluding hydrogens is 394 g/mol. The second-order valence-electron chi connectivity index (χ2n) is 6.36. The molecule has 0 spiro atoms. The number of carbonyl (C=O) groups excluding carboxylic acids is 1. The zero-order valence-corrected chi connectivity index (χ0v) is 17.9. The molecule has 9 heteroatoms. The molecule has 0 aliphatic carbocycles. The molecule has 2 aromatic rings. The van der Waals surface area contributed by atoms with Crippen molar-refractivity contribution in [1.29, 1.82) is 0 Å². The van der Waals surface area contributed by atoms with Gasteiger partial charge in [-0.05, 0) is 43.7 Å². The normalized spacial score (nSPS) is 11.7. The van der Waals surface area contributed by atoms with Crippen LogP contribution in [-0.4, -0.2) is 47.1 Å². The van der Waals surface area contributed by atoms with Crippen molar-refractivity contribution in [3.63, 3.8) is 0 Å². The van der Waals surface area contributed by atoms with Gasteiger partial charge in [0.25, 0.3) is 5.91 Å². The molecule has 1 N–H and O–H groups in total. The molecule has 0 atom stereocenters. The van der Waals surface area contributed by atoms with Gasteiger partial charge in [-0.2, -0.15) is 5.10 Å². The Balaban J connectivity index is 2.17. The highest BCUT2D eigenvalue weighted by atomic mass is 32.2. The van der Waals surface area contributed by atoms with E-state index in [-0.39, 0.29) is 6.54 Å². The zero-order chi connectivity index (χ0) is 21.6. The standard InChI is InChI=1S/C20H25N3O5S/c1-14-8-6-7-9-17(14)23(29(5,25)26)13-20(24)22-21-15(2)16-10-11-18(27-3)19(12-16)28-4/h6-12H,13H2,1-5H3,(H,22,24)/b21-15-. The number of rotatable bonds is 8. The molecule has 0 aromatic heterocycles. The Labute approximate surface area is 171 Å². The van der Waals surface area contributed by atoms with E-state index in [0.717, 1.165) is 21.7 Å². The number of hydrogen-bond donors (Lipinski definition) is 1. The van der Waals surface area contributed by atoms with Crippen molar-refractivity contribution < 1.29 is 22.7 Å². The number of nitrogens with zero attached hydrogens (tertiary/aromatic N) is 2. The van der Waals surface area contributed by atoms with Gasteiger partial charge in [-0.1, -0.05) is 18.2 Å². The number of aryl methyl sites for hydroxylation is 1. The average molecular weight is 420 g/mol. The molecule has 2 rings (SSSR count). The summed E-state index contributed by atoms with van der Waals surface area (Å²) < 4.78 is 35.9. The molecule has 0 saturated carbocycles. The molecule has 0 bridgehead atoms. The summed E-state index contributed by atoms with van der Waals surface area (Å²) in [5.74, 6) is 0.558. The van der Waals surface area contributed by atoms with Crippen molar-refractivity contribution in [3.8, 4) is 11.5 Å². The third-order valence-electron chi connectivity index (χ3n) is 4.22. The summed E-state index contributed by atoms with van der Waals surface area (Å²) in [6, 6.07) is 12.2.